The number of carbonyl (C=O) groups excluding carboxylic acids is 1. The number of rotatable bonds is 4. The fourth-order valence-corrected chi connectivity index (χ4v) is 5.05. The first-order valence-electron chi connectivity index (χ1n) is 8.21. The maximum atomic E-state index is 12.7. The summed E-state index contributed by atoms with van der Waals surface area (Å²) >= 11 is 0. The van der Waals surface area contributed by atoms with E-state index in [0.717, 1.165) is 19.3 Å². The number of hydrogen-bond acceptors (Lipinski definition) is 5. The van der Waals surface area contributed by atoms with E-state index >= 15 is 0 Å². The van der Waals surface area contributed by atoms with Crippen molar-refractivity contribution in [2.45, 2.75) is 30.9 Å². The molecule has 7 nitrogen and oxygen atoms in total. The molecule has 0 aliphatic carbocycles. The Hall–Kier alpha value is -1.48. The molecule has 3 rings (SSSR count). The van der Waals surface area contributed by atoms with Crippen LogP contribution >= 0.6 is 0 Å². The van der Waals surface area contributed by atoms with Crippen LogP contribution in [0.2, 0.25) is 0 Å². The van der Waals surface area contributed by atoms with Crippen LogP contribution in [-0.4, -0.2) is 55.0 Å². The molecule has 3 N–H and O–H groups in total. The van der Waals surface area contributed by atoms with Crippen molar-refractivity contribution >= 4 is 15.9 Å². The first-order valence-corrected chi connectivity index (χ1v) is 9.72. The highest BCUT2D eigenvalue weighted by atomic mass is 32.2. The maximum Gasteiger partial charge on any atom is 0.244 e. The molecule has 1 amide bonds. The number of aliphatic hydroxyl groups is 1. The minimum absolute atomic E-state index is 0.0702. The van der Waals surface area contributed by atoms with Gasteiger partial charge in [-0.25, -0.2) is 12.7 Å². The van der Waals surface area contributed by atoms with Crippen LogP contribution in [0.5, 0.6) is 0 Å². The van der Waals surface area contributed by atoms with Crippen molar-refractivity contribution in [3.8, 4) is 0 Å². The number of aliphatic hydroxyl groups excluding tert-OH is 1. The van der Waals surface area contributed by atoms with E-state index in [0.29, 0.717) is 19.0 Å². The van der Waals surface area contributed by atoms with Gasteiger partial charge < -0.3 is 10.4 Å². The Bertz CT molecular complexity index is 672. The molecule has 2 fully saturated rings. The van der Waals surface area contributed by atoms with Crippen LogP contribution in [0.1, 0.15) is 18.4 Å². The van der Waals surface area contributed by atoms with Gasteiger partial charge in [-0.1, -0.05) is 30.3 Å². The summed E-state index contributed by atoms with van der Waals surface area (Å²) in [7, 11) is -3.71. The number of amides is 1. The van der Waals surface area contributed by atoms with Gasteiger partial charge in [-0.15, -0.1) is 0 Å². The first kappa shape index (κ1) is 17.3. The molecule has 2 aliphatic rings. The van der Waals surface area contributed by atoms with Crippen LogP contribution in [0.4, 0.5) is 0 Å². The van der Waals surface area contributed by atoms with E-state index in [-0.39, 0.29) is 6.54 Å². The molecule has 2 aliphatic heterocycles. The molecule has 1 aromatic rings. The van der Waals surface area contributed by atoms with Crippen molar-refractivity contribution in [3.63, 3.8) is 0 Å². The van der Waals surface area contributed by atoms with Gasteiger partial charge in [0.1, 0.15) is 0 Å². The van der Waals surface area contributed by atoms with Crippen LogP contribution < -0.4 is 10.6 Å². The van der Waals surface area contributed by atoms with Crippen molar-refractivity contribution < 1.29 is 18.3 Å². The molecule has 2 unspecified atom stereocenters. The van der Waals surface area contributed by atoms with Gasteiger partial charge in [0.15, 0.2) is 11.6 Å². The van der Waals surface area contributed by atoms with Crippen molar-refractivity contribution in [2.24, 2.45) is 5.92 Å². The Kier molecular flexibility index (Phi) is 5.19. The van der Waals surface area contributed by atoms with Crippen molar-refractivity contribution in [2.75, 3.05) is 19.6 Å². The fourth-order valence-electron chi connectivity index (χ4n) is 3.33. The molecule has 2 saturated heterocycles. The van der Waals surface area contributed by atoms with Gasteiger partial charge in [0, 0.05) is 19.6 Å². The number of nitrogens with zero attached hydrogens (tertiary/aromatic N) is 1. The van der Waals surface area contributed by atoms with Crippen molar-refractivity contribution in [3.05, 3.63) is 35.9 Å². The highest BCUT2D eigenvalue weighted by Gasteiger charge is 2.41. The zero-order chi connectivity index (χ0) is 17.2. The van der Waals surface area contributed by atoms with Gasteiger partial charge >= 0.3 is 0 Å². The topological polar surface area (TPSA) is 98.7 Å². The van der Waals surface area contributed by atoms with Gasteiger partial charge in [-0.3, -0.25) is 10.1 Å². The highest BCUT2D eigenvalue weighted by molar-refractivity contribution is 7.90. The first-order chi connectivity index (χ1) is 11.5. The molecule has 132 valence electrons. The minimum atomic E-state index is -3.71. The number of hydrogen-bond donors (Lipinski definition) is 3. The molecule has 0 aromatic heterocycles. The third-order valence-electron chi connectivity index (χ3n) is 4.73. The summed E-state index contributed by atoms with van der Waals surface area (Å²) < 4.78 is 26.7. The number of piperidine rings is 1. The second-order valence-electron chi connectivity index (χ2n) is 6.39. The Morgan fingerprint density at radius 1 is 1.17 bits per heavy atom. The van der Waals surface area contributed by atoms with Crippen molar-refractivity contribution in [1.29, 1.82) is 0 Å². The van der Waals surface area contributed by atoms with E-state index in [9.17, 15) is 18.3 Å². The number of sulfonamides is 1. The lowest BCUT2D eigenvalue weighted by atomic mass is 9.91. The Labute approximate surface area is 142 Å². The van der Waals surface area contributed by atoms with Crippen LogP contribution in [-0.2, 0) is 21.2 Å². The maximum absolute atomic E-state index is 12.7. The van der Waals surface area contributed by atoms with Crippen LogP contribution in [0, 0.1) is 5.92 Å². The van der Waals surface area contributed by atoms with E-state index in [1.165, 1.54) is 9.87 Å². The van der Waals surface area contributed by atoms with Crippen LogP contribution in [0.15, 0.2) is 30.3 Å². The zero-order valence-corrected chi connectivity index (χ0v) is 14.2. The molecule has 0 spiro atoms. The molecule has 1 aromatic carbocycles. The van der Waals surface area contributed by atoms with E-state index < -0.39 is 27.5 Å². The summed E-state index contributed by atoms with van der Waals surface area (Å²) in [5.41, 5.74) is 1.27. The molecule has 8 heteroatoms. The summed E-state index contributed by atoms with van der Waals surface area (Å²) in [6, 6.07) is 10.2. The lowest BCUT2D eigenvalue weighted by Crippen LogP contribution is -2.62. The smallest absolute Gasteiger partial charge is 0.244 e. The third-order valence-corrected chi connectivity index (χ3v) is 6.91. The molecule has 24 heavy (non-hydrogen) atoms. The average molecular weight is 353 g/mol. The van der Waals surface area contributed by atoms with Crippen LogP contribution in [0.25, 0.3) is 0 Å². The highest BCUT2D eigenvalue weighted by Crippen LogP contribution is 2.25. The molecular weight excluding hydrogens is 330 g/mol. The normalized spacial score (nSPS) is 27.0. The Morgan fingerprint density at radius 3 is 2.46 bits per heavy atom. The predicted molar refractivity (Wildman–Crippen MR) is 89.3 cm³/mol. The van der Waals surface area contributed by atoms with E-state index in [1.54, 1.807) is 0 Å². The second-order valence-corrected chi connectivity index (χ2v) is 8.50. The van der Waals surface area contributed by atoms with Gasteiger partial charge in [-0.05, 0) is 30.7 Å². The minimum Gasteiger partial charge on any atom is -0.361 e. The van der Waals surface area contributed by atoms with Gasteiger partial charge in [0.2, 0.25) is 15.9 Å². The SMILES string of the molecule is O=C1NC(O)NCC1S(=O)(=O)N1CCC(Cc2ccccc2)CC1. The molecule has 2 heterocycles. The molecule has 0 radical (unpaired) electrons. The number of benzene rings is 1. The van der Waals surface area contributed by atoms with E-state index in [4.69, 9.17) is 0 Å². The summed E-state index contributed by atoms with van der Waals surface area (Å²) in [5.74, 6) is -0.188. The second kappa shape index (κ2) is 7.18. The summed E-state index contributed by atoms with van der Waals surface area (Å²) in [6.07, 6.45) is 1.35. The molecule has 0 saturated carbocycles. The lowest BCUT2D eigenvalue weighted by molar-refractivity contribution is -0.126. The Balaban J connectivity index is 1.58. The quantitative estimate of drug-likeness (QED) is 0.686. The summed E-state index contributed by atoms with van der Waals surface area (Å²) in [6.45, 7) is 0.803. The van der Waals surface area contributed by atoms with Gasteiger partial charge in [0.05, 0.1) is 0 Å². The fraction of sp³-hybridized carbons (Fsp3) is 0.562. The van der Waals surface area contributed by atoms with Gasteiger partial charge in [0.25, 0.3) is 0 Å². The zero-order valence-electron chi connectivity index (χ0n) is 13.4. The average Bonchev–Trinajstić information content (AvgIpc) is 2.56. The van der Waals surface area contributed by atoms with E-state index in [1.807, 2.05) is 18.2 Å². The molecule has 0 bridgehead atoms. The summed E-state index contributed by atoms with van der Waals surface area (Å²) in [4.78, 5) is 11.9. The Morgan fingerprint density at radius 2 is 1.83 bits per heavy atom. The summed E-state index contributed by atoms with van der Waals surface area (Å²) in [5, 5.41) is 12.9. The van der Waals surface area contributed by atoms with Crippen LogP contribution in [0.3, 0.4) is 0 Å². The molecule has 2 atom stereocenters. The number of carbonyl (C=O) groups is 1. The lowest BCUT2D eigenvalue weighted by Gasteiger charge is -2.35. The van der Waals surface area contributed by atoms with Gasteiger partial charge in [-0.2, -0.15) is 0 Å². The standard InChI is InChI=1S/C16H23N3O4S/c20-15-14(11-17-16(21)18-15)24(22,23)19-8-6-13(7-9-19)10-12-4-2-1-3-5-12/h1-5,13-14,16-17,21H,6-11H2,(H,18,20). The monoisotopic (exact) mass is 353 g/mol. The van der Waals surface area contributed by atoms with Crippen molar-refractivity contribution in [1.82, 2.24) is 14.9 Å². The molecular formula is C16H23N3O4S. The predicted octanol–water partition coefficient (Wildman–Crippen LogP) is -0.365. The largest absolute Gasteiger partial charge is 0.361 e. The van der Waals surface area contributed by atoms with E-state index in [2.05, 4.69) is 22.8 Å². The number of nitrogens with one attached hydrogen (secondary N) is 2. The third kappa shape index (κ3) is 3.77.